The number of methoxy groups -OCH3 is 1. The lowest BCUT2D eigenvalue weighted by Crippen LogP contribution is -2.28. The summed E-state index contributed by atoms with van der Waals surface area (Å²) < 4.78 is 10.8. The van der Waals surface area contributed by atoms with Gasteiger partial charge in [0, 0.05) is 21.7 Å². The molecule has 0 aliphatic carbocycles. The highest BCUT2D eigenvalue weighted by atomic mass is 32.1. The molecule has 156 valence electrons. The van der Waals surface area contributed by atoms with Crippen LogP contribution >= 0.6 is 11.3 Å². The number of hydrogen-bond acceptors (Lipinski definition) is 5. The van der Waals surface area contributed by atoms with Crippen LogP contribution in [-0.4, -0.2) is 29.8 Å². The number of rotatable bonds is 6. The van der Waals surface area contributed by atoms with Crippen LogP contribution in [0.5, 0.6) is 11.5 Å². The third kappa shape index (κ3) is 3.27. The van der Waals surface area contributed by atoms with Gasteiger partial charge in [-0.15, -0.1) is 11.3 Å². The summed E-state index contributed by atoms with van der Waals surface area (Å²) in [5, 5.41) is 9.53. The number of thiophene rings is 1. The lowest BCUT2D eigenvalue weighted by atomic mass is 10.0. The zero-order valence-electron chi connectivity index (χ0n) is 17.2. The smallest absolute Gasteiger partial charge is 0.277 e. The van der Waals surface area contributed by atoms with E-state index in [1.807, 2.05) is 71.8 Å². The van der Waals surface area contributed by atoms with Gasteiger partial charge >= 0.3 is 0 Å². The molecule has 0 saturated carbocycles. The molecule has 2 aromatic heterocycles. The van der Waals surface area contributed by atoms with Crippen LogP contribution in [0.4, 0.5) is 5.69 Å². The largest absolute Gasteiger partial charge is 0.497 e. The highest BCUT2D eigenvalue weighted by Gasteiger charge is 2.43. The van der Waals surface area contributed by atoms with E-state index in [1.165, 1.54) is 0 Å². The van der Waals surface area contributed by atoms with E-state index in [0.717, 1.165) is 38.9 Å². The average Bonchev–Trinajstić information content (AvgIpc) is 3.53. The molecule has 1 N–H and O–H groups in total. The number of anilines is 1. The Morgan fingerprint density at radius 3 is 2.45 bits per heavy atom. The molecule has 3 heterocycles. The predicted octanol–water partition coefficient (Wildman–Crippen LogP) is 5.30. The minimum atomic E-state index is -0.253. The van der Waals surface area contributed by atoms with Crippen LogP contribution in [0.15, 0.2) is 66.0 Å². The Kier molecular flexibility index (Phi) is 4.95. The average molecular weight is 432 g/mol. The summed E-state index contributed by atoms with van der Waals surface area (Å²) in [5.41, 5.74) is 3.95. The molecule has 1 unspecified atom stereocenters. The van der Waals surface area contributed by atoms with E-state index in [1.54, 1.807) is 18.4 Å². The molecule has 2 aromatic carbocycles. The number of aromatic nitrogens is 2. The highest BCUT2D eigenvalue weighted by Crippen LogP contribution is 2.46. The number of nitrogens with one attached hydrogen (secondary N) is 1. The van der Waals surface area contributed by atoms with Crippen molar-refractivity contribution in [2.75, 3.05) is 18.6 Å². The van der Waals surface area contributed by atoms with E-state index >= 15 is 0 Å². The molecular formula is C24H21N3O3S. The van der Waals surface area contributed by atoms with Gasteiger partial charge in [-0.3, -0.25) is 14.8 Å². The van der Waals surface area contributed by atoms with Gasteiger partial charge in [0.05, 0.1) is 19.4 Å². The number of carbonyl (C=O) groups excluding carboxylic acids is 1. The number of hydrogen-bond donors (Lipinski definition) is 1. The van der Waals surface area contributed by atoms with Gasteiger partial charge in [0.1, 0.15) is 23.2 Å². The van der Waals surface area contributed by atoms with Crippen LogP contribution in [-0.2, 0) is 0 Å². The van der Waals surface area contributed by atoms with Gasteiger partial charge in [-0.2, -0.15) is 5.10 Å². The van der Waals surface area contributed by atoms with Crippen molar-refractivity contribution in [1.29, 1.82) is 0 Å². The summed E-state index contributed by atoms with van der Waals surface area (Å²) >= 11 is 1.63. The number of fused-ring (bicyclic) bond motifs is 1. The van der Waals surface area contributed by atoms with Crippen LogP contribution in [0.2, 0.25) is 0 Å². The van der Waals surface area contributed by atoms with Gasteiger partial charge in [0.2, 0.25) is 0 Å². The van der Waals surface area contributed by atoms with Gasteiger partial charge in [0.15, 0.2) is 0 Å². The molecule has 1 aliphatic heterocycles. The Hall–Kier alpha value is -3.58. The minimum Gasteiger partial charge on any atom is -0.497 e. The highest BCUT2D eigenvalue weighted by molar-refractivity contribution is 7.10. The first-order valence-electron chi connectivity index (χ1n) is 10.0. The van der Waals surface area contributed by atoms with Crippen LogP contribution in [0.25, 0.3) is 11.3 Å². The number of carbonyl (C=O) groups is 1. The summed E-state index contributed by atoms with van der Waals surface area (Å²) in [6.07, 6.45) is 0. The minimum absolute atomic E-state index is 0.0928. The van der Waals surface area contributed by atoms with Crippen molar-refractivity contribution < 1.29 is 14.3 Å². The van der Waals surface area contributed by atoms with E-state index in [0.29, 0.717) is 12.3 Å². The molecule has 0 radical (unpaired) electrons. The summed E-state index contributed by atoms with van der Waals surface area (Å²) in [7, 11) is 1.64. The van der Waals surface area contributed by atoms with Gasteiger partial charge in [-0.1, -0.05) is 6.07 Å². The van der Waals surface area contributed by atoms with Gasteiger partial charge in [-0.25, -0.2) is 0 Å². The molecule has 7 heteroatoms. The van der Waals surface area contributed by atoms with Crippen molar-refractivity contribution >= 4 is 22.9 Å². The fourth-order valence-corrected chi connectivity index (χ4v) is 4.79. The maximum Gasteiger partial charge on any atom is 0.277 e. The Labute approximate surface area is 184 Å². The summed E-state index contributed by atoms with van der Waals surface area (Å²) in [4.78, 5) is 16.4. The van der Waals surface area contributed by atoms with Crippen LogP contribution in [0.3, 0.4) is 0 Å². The molecular weight excluding hydrogens is 410 g/mol. The molecule has 1 atom stereocenters. The van der Waals surface area contributed by atoms with Crippen molar-refractivity contribution in [3.8, 4) is 22.8 Å². The number of aromatic amines is 1. The first-order chi connectivity index (χ1) is 15.2. The second-order valence-electron chi connectivity index (χ2n) is 7.11. The second-order valence-corrected chi connectivity index (χ2v) is 8.09. The third-order valence-electron chi connectivity index (χ3n) is 5.37. The molecule has 0 fully saturated rings. The Morgan fingerprint density at radius 2 is 1.81 bits per heavy atom. The lowest BCUT2D eigenvalue weighted by Gasteiger charge is -2.25. The fraction of sp³-hybridized carbons (Fsp3) is 0.167. The number of benzene rings is 2. The topological polar surface area (TPSA) is 67.5 Å². The number of H-pyrrole nitrogens is 1. The summed E-state index contributed by atoms with van der Waals surface area (Å²) in [5.74, 6) is 1.47. The molecule has 6 nitrogen and oxygen atoms in total. The number of ether oxygens (including phenoxy) is 2. The van der Waals surface area contributed by atoms with Crippen molar-refractivity contribution in [3.63, 3.8) is 0 Å². The molecule has 0 bridgehead atoms. The van der Waals surface area contributed by atoms with Crippen molar-refractivity contribution in [1.82, 2.24) is 10.2 Å². The second kappa shape index (κ2) is 7.92. The normalized spacial score (nSPS) is 15.2. The predicted molar refractivity (Wildman–Crippen MR) is 121 cm³/mol. The number of nitrogens with zero attached hydrogens (tertiary/aromatic N) is 2. The van der Waals surface area contributed by atoms with E-state index in [9.17, 15) is 4.79 Å². The van der Waals surface area contributed by atoms with Crippen LogP contribution in [0, 0.1) is 0 Å². The zero-order valence-corrected chi connectivity index (χ0v) is 18.0. The van der Waals surface area contributed by atoms with Crippen molar-refractivity contribution in [3.05, 3.63) is 82.2 Å². The summed E-state index contributed by atoms with van der Waals surface area (Å²) in [6, 6.07) is 19.2. The third-order valence-corrected chi connectivity index (χ3v) is 6.30. The van der Waals surface area contributed by atoms with Crippen molar-refractivity contribution in [2.24, 2.45) is 0 Å². The maximum absolute atomic E-state index is 13.5. The van der Waals surface area contributed by atoms with Crippen LogP contribution < -0.4 is 14.4 Å². The van der Waals surface area contributed by atoms with Crippen molar-refractivity contribution in [2.45, 2.75) is 13.0 Å². The molecule has 4 aromatic rings. The van der Waals surface area contributed by atoms with Gasteiger partial charge in [0.25, 0.3) is 5.91 Å². The molecule has 5 rings (SSSR count). The number of amides is 1. The first-order valence-corrected chi connectivity index (χ1v) is 10.9. The van der Waals surface area contributed by atoms with Crippen LogP contribution in [0.1, 0.15) is 33.9 Å². The lowest BCUT2D eigenvalue weighted by molar-refractivity contribution is 0.0989. The Bertz CT molecular complexity index is 1200. The Balaban J connectivity index is 1.62. The SMILES string of the molecule is CCOc1ccc(N2C(=O)c3[nH]nc(-c4ccc(OC)cc4)c3C2c2cccs2)cc1. The maximum atomic E-state index is 13.5. The molecule has 1 amide bonds. The molecule has 0 saturated heterocycles. The first kappa shape index (κ1) is 19.4. The van der Waals surface area contributed by atoms with Gasteiger partial charge in [-0.05, 0) is 66.9 Å². The standard InChI is InChI=1S/C24H21N3O3S/c1-3-30-18-12-8-16(9-13-18)27-23(19-5-4-14-31-19)20-21(25-26-22(20)24(27)28)15-6-10-17(29-2)11-7-15/h4-14,23H,3H2,1-2H3,(H,25,26). The van der Waals surface area contributed by atoms with E-state index < -0.39 is 0 Å². The molecule has 1 aliphatic rings. The van der Waals surface area contributed by atoms with E-state index in [4.69, 9.17) is 9.47 Å². The fourth-order valence-electron chi connectivity index (χ4n) is 3.97. The van der Waals surface area contributed by atoms with Gasteiger partial charge < -0.3 is 9.47 Å². The van der Waals surface area contributed by atoms with E-state index in [-0.39, 0.29) is 11.9 Å². The quantitative estimate of drug-likeness (QED) is 0.450. The Morgan fingerprint density at radius 1 is 1.06 bits per heavy atom. The molecule has 31 heavy (non-hydrogen) atoms. The zero-order chi connectivity index (χ0) is 21.4. The monoisotopic (exact) mass is 431 g/mol. The summed E-state index contributed by atoms with van der Waals surface area (Å²) in [6.45, 7) is 2.55. The van der Waals surface area contributed by atoms with E-state index in [2.05, 4.69) is 16.3 Å². The molecule has 0 spiro atoms.